The molecule has 0 bridgehead atoms. The lowest BCUT2D eigenvalue weighted by atomic mass is 9.99. The molecular formula is C18H14F2N2. The second-order valence-corrected chi connectivity index (χ2v) is 4.92. The molecule has 0 amide bonds. The Balaban J connectivity index is 1.98. The van der Waals surface area contributed by atoms with Crippen LogP contribution in [0.15, 0.2) is 73.1 Å². The highest BCUT2D eigenvalue weighted by Gasteiger charge is 2.14. The first-order valence-corrected chi connectivity index (χ1v) is 6.90. The molecule has 1 atom stereocenters. The zero-order chi connectivity index (χ0) is 15.4. The van der Waals surface area contributed by atoms with Crippen molar-refractivity contribution < 1.29 is 8.78 Å². The molecule has 3 rings (SSSR count). The first kappa shape index (κ1) is 14.2. The summed E-state index contributed by atoms with van der Waals surface area (Å²) in [5.74, 6) is -0.597. The first-order chi connectivity index (χ1) is 10.7. The lowest BCUT2D eigenvalue weighted by Crippen LogP contribution is -2.12. The molecule has 22 heavy (non-hydrogen) atoms. The third-order valence-electron chi connectivity index (χ3n) is 3.38. The number of hydrogen-bond acceptors (Lipinski definition) is 2. The SMILES string of the molecule is Fc1ccc(C(Nc2cccc(F)c2)c2ccncc2)cc1. The molecule has 0 fully saturated rings. The molecule has 1 unspecified atom stereocenters. The Bertz CT molecular complexity index is 743. The van der Waals surface area contributed by atoms with E-state index in [1.54, 1.807) is 36.7 Å². The van der Waals surface area contributed by atoms with Gasteiger partial charge in [0.05, 0.1) is 6.04 Å². The second kappa shape index (κ2) is 6.35. The maximum absolute atomic E-state index is 13.4. The molecule has 0 aliphatic carbocycles. The van der Waals surface area contributed by atoms with Crippen LogP contribution in [0, 0.1) is 11.6 Å². The van der Waals surface area contributed by atoms with Gasteiger partial charge in [0.25, 0.3) is 0 Å². The van der Waals surface area contributed by atoms with Crippen molar-refractivity contribution in [3.05, 3.63) is 95.8 Å². The summed E-state index contributed by atoms with van der Waals surface area (Å²) in [5, 5.41) is 3.28. The van der Waals surface area contributed by atoms with Crippen molar-refractivity contribution in [3.63, 3.8) is 0 Å². The molecule has 1 aromatic heterocycles. The molecule has 0 radical (unpaired) electrons. The van der Waals surface area contributed by atoms with E-state index in [2.05, 4.69) is 10.3 Å². The Morgan fingerprint density at radius 1 is 0.773 bits per heavy atom. The van der Waals surface area contributed by atoms with Gasteiger partial charge < -0.3 is 5.32 Å². The van der Waals surface area contributed by atoms with Crippen LogP contribution in [-0.2, 0) is 0 Å². The summed E-state index contributed by atoms with van der Waals surface area (Å²) in [6.07, 6.45) is 3.39. The summed E-state index contributed by atoms with van der Waals surface area (Å²) in [4.78, 5) is 4.01. The number of nitrogens with zero attached hydrogens (tertiary/aromatic N) is 1. The van der Waals surface area contributed by atoms with Crippen LogP contribution in [0.3, 0.4) is 0 Å². The van der Waals surface area contributed by atoms with Gasteiger partial charge in [-0.05, 0) is 53.6 Å². The minimum absolute atomic E-state index is 0.217. The molecule has 0 spiro atoms. The predicted octanol–water partition coefficient (Wildman–Crippen LogP) is 4.56. The summed E-state index contributed by atoms with van der Waals surface area (Å²) in [7, 11) is 0. The van der Waals surface area contributed by atoms with Crippen molar-refractivity contribution in [3.8, 4) is 0 Å². The number of halogens is 2. The van der Waals surface area contributed by atoms with E-state index in [1.807, 2.05) is 12.1 Å². The molecule has 3 aromatic rings. The Morgan fingerprint density at radius 3 is 2.14 bits per heavy atom. The zero-order valence-corrected chi connectivity index (χ0v) is 11.7. The van der Waals surface area contributed by atoms with Gasteiger partial charge in [-0.25, -0.2) is 8.78 Å². The van der Waals surface area contributed by atoms with Crippen molar-refractivity contribution in [1.82, 2.24) is 4.98 Å². The van der Waals surface area contributed by atoms with Crippen molar-refractivity contribution in [2.24, 2.45) is 0 Å². The zero-order valence-electron chi connectivity index (χ0n) is 11.7. The van der Waals surface area contributed by atoms with E-state index in [-0.39, 0.29) is 17.7 Å². The van der Waals surface area contributed by atoms with Gasteiger partial charge in [-0.15, -0.1) is 0 Å². The van der Waals surface area contributed by atoms with Crippen LogP contribution < -0.4 is 5.32 Å². The topological polar surface area (TPSA) is 24.9 Å². The lowest BCUT2D eigenvalue weighted by Gasteiger charge is -2.21. The molecule has 2 aromatic carbocycles. The smallest absolute Gasteiger partial charge is 0.125 e. The van der Waals surface area contributed by atoms with Crippen LogP contribution >= 0.6 is 0 Å². The molecule has 2 nitrogen and oxygen atoms in total. The number of pyridine rings is 1. The average Bonchev–Trinajstić information content (AvgIpc) is 2.55. The standard InChI is InChI=1S/C18H14F2N2/c19-15-6-4-13(5-7-15)18(14-8-10-21-11-9-14)22-17-3-1-2-16(20)12-17/h1-12,18,22H. The van der Waals surface area contributed by atoms with Crippen molar-refractivity contribution in [2.45, 2.75) is 6.04 Å². The Hall–Kier alpha value is -2.75. The van der Waals surface area contributed by atoms with Crippen LogP contribution in [-0.4, -0.2) is 4.98 Å². The van der Waals surface area contributed by atoms with Crippen molar-refractivity contribution in [1.29, 1.82) is 0 Å². The van der Waals surface area contributed by atoms with Gasteiger partial charge >= 0.3 is 0 Å². The molecule has 0 saturated carbocycles. The summed E-state index contributed by atoms with van der Waals surface area (Å²) in [6.45, 7) is 0. The Kier molecular flexibility index (Phi) is 4.10. The van der Waals surface area contributed by atoms with Crippen LogP contribution in [0.1, 0.15) is 17.2 Å². The van der Waals surface area contributed by atoms with Crippen LogP contribution in [0.25, 0.3) is 0 Å². The largest absolute Gasteiger partial charge is 0.374 e. The fourth-order valence-electron chi connectivity index (χ4n) is 2.32. The van der Waals surface area contributed by atoms with Gasteiger partial charge in [0.2, 0.25) is 0 Å². The minimum atomic E-state index is -0.308. The molecule has 0 aliphatic heterocycles. The number of hydrogen-bond donors (Lipinski definition) is 1. The normalized spacial score (nSPS) is 11.9. The van der Waals surface area contributed by atoms with Crippen molar-refractivity contribution >= 4 is 5.69 Å². The van der Waals surface area contributed by atoms with Crippen molar-refractivity contribution in [2.75, 3.05) is 5.32 Å². The number of benzene rings is 2. The maximum atomic E-state index is 13.4. The molecule has 0 saturated heterocycles. The number of anilines is 1. The fraction of sp³-hybridized carbons (Fsp3) is 0.0556. The highest BCUT2D eigenvalue weighted by Crippen LogP contribution is 2.26. The van der Waals surface area contributed by atoms with Gasteiger partial charge in [0, 0.05) is 18.1 Å². The van der Waals surface area contributed by atoms with E-state index < -0.39 is 0 Å². The molecule has 0 aliphatic rings. The summed E-state index contributed by atoms with van der Waals surface area (Å²) in [6, 6.07) is 16.0. The Morgan fingerprint density at radius 2 is 1.45 bits per heavy atom. The van der Waals surface area contributed by atoms with E-state index in [1.165, 1.54) is 24.3 Å². The molecular weight excluding hydrogens is 282 g/mol. The summed E-state index contributed by atoms with van der Waals surface area (Å²) < 4.78 is 26.5. The van der Waals surface area contributed by atoms with Gasteiger partial charge in [0.15, 0.2) is 0 Å². The second-order valence-electron chi connectivity index (χ2n) is 4.92. The van der Waals surface area contributed by atoms with Gasteiger partial charge in [-0.3, -0.25) is 4.98 Å². The van der Waals surface area contributed by atoms with Crippen LogP contribution in [0.5, 0.6) is 0 Å². The predicted molar refractivity (Wildman–Crippen MR) is 82.5 cm³/mol. The van der Waals surface area contributed by atoms with E-state index in [9.17, 15) is 8.78 Å². The first-order valence-electron chi connectivity index (χ1n) is 6.90. The lowest BCUT2D eigenvalue weighted by molar-refractivity contribution is 0.626. The van der Waals surface area contributed by atoms with Crippen LogP contribution in [0.4, 0.5) is 14.5 Å². The number of aromatic nitrogens is 1. The molecule has 4 heteroatoms. The Labute approximate surface area is 127 Å². The third-order valence-corrected chi connectivity index (χ3v) is 3.38. The summed E-state index contributed by atoms with van der Waals surface area (Å²) >= 11 is 0. The third kappa shape index (κ3) is 3.28. The van der Waals surface area contributed by atoms with E-state index in [4.69, 9.17) is 0 Å². The number of rotatable bonds is 4. The minimum Gasteiger partial charge on any atom is -0.374 e. The molecule has 1 N–H and O–H groups in total. The maximum Gasteiger partial charge on any atom is 0.125 e. The monoisotopic (exact) mass is 296 g/mol. The van der Waals surface area contributed by atoms with Gasteiger partial charge in [-0.1, -0.05) is 18.2 Å². The quantitative estimate of drug-likeness (QED) is 0.763. The average molecular weight is 296 g/mol. The van der Waals surface area contributed by atoms with E-state index in [0.717, 1.165) is 11.1 Å². The van der Waals surface area contributed by atoms with E-state index in [0.29, 0.717) is 5.69 Å². The highest BCUT2D eigenvalue weighted by atomic mass is 19.1. The molecule has 110 valence electrons. The summed E-state index contributed by atoms with van der Waals surface area (Å²) in [5.41, 5.74) is 2.51. The molecule has 1 heterocycles. The highest BCUT2D eigenvalue weighted by molar-refractivity contribution is 5.49. The number of nitrogens with one attached hydrogen (secondary N) is 1. The van der Waals surface area contributed by atoms with Gasteiger partial charge in [0.1, 0.15) is 11.6 Å². The van der Waals surface area contributed by atoms with Gasteiger partial charge in [-0.2, -0.15) is 0 Å². The van der Waals surface area contributed by atoms with E-state index >= 15 is 0 Å². The fourth-order valence-corrected chi connectivity index (χ4v) is 2.32. The van der Waals surface area contributed by atoms with Crippen LogP contribution in [0.2, 0.25) is 0 Å².